The second kappa shape index (κ2) is 4.85. The first-order chi connectivity index (χ1) is 9.63. The van der Waals surface area contributed by atoms with Crippen LogP contribution in [0.25, 0.3) is 10.9 Å². The van der Waals surface area contributed by atoms with E-state index in [-0.39, 0.29) is 5.75 Å². The van der Waals surface area contributed by atoms with Crippen LogP contribution in [0.3, 0.4) is 0 Å². The Hall–Kier alpha value is -2.55. The van der Waals surface area contributed by atoms with Gasteiger partial charge in [-0.25, -0.2) is 0 Å². The van der Waals surface area contributed by atoms with Crippen LogP contribution in [0.4, 0.5) is 0 Å². The fourth-order valence-electron chi connectivity index (χ4n) is 2.40. The van der Waals surface area contributed by atoms with E-state index in [9.17, 15) is 10.2 Å². The third kappa shape index (κ3) is 2.30. The van der Waals surface area contributed by atoms with Crippen LogP contribution < -0.4 is 0 Å². The SMILES string of the molecule is Cc1cc(Cc2ccnc3cc(O)ccc23)ccc1O. The molecule has 0 unspecified atom stereocenters. The summed E-state index contributed by atoms with van der Waals surface area (Å²) >= 11 is 0. The highest BCUT2D eigenvalue weighted by atomic mass is 16.3. The van der Waals surface area contributed by atoms with Gasteiger partial charge in [0.25, 0.3) is 0 Å². The summed E-state index contributed by atoms with van der Waals surface area (Å²) in [6, 6.07) is 12.9. The highest BCUT2D eigenvalue weighted by molar-refractivity contribution is 5.83. The van der Waals surface area contributed by atoms with E-state index in [0.29, 0.717) is 5.75 Å². The Labute approximate surface area is 117 Å². The second-order valence-corrected chi connectivity index (χ2v) is 4.97. The third-order valence-corrected chi connectivity index (χ3v) is 3.47. The van der Waals surface area contributed by atoms with Gasteiger partial charge in [-0.1, -0.05) is 12.1 Å². The zero-order chi connectivity index (χ0) is 14.1. The molecule has 3 heteroatoms. The normalized spacial score (nSPS) is 10.8. The number of phenolic OH excluding ortho intramolecular Hbond substituents is 2. The smallest absolute Gasteiger partial charge is 0.118 e. The number of fused-ring (bicyclic) bond motifs is 1. The summed E-state index contributed by atoms with van der Waals surface area (Å²) in [6.45, 7) is 1.89. The highest BCUT2D eigenvalue weighted by Crippen LogP contribution is 2.25. The van der Waals surface area contributed by atoms with Gasteiger partial charge < -0.3 is 10.2 Å². The molecule has 20 heavy (non-hydrogen) atoms. The van der Waals surface area contributed by atoms with Gasteiger partial charge in [-0.15, -0.1) is 0 Å². The van der Waals surface area contributed by atoms with Crippen LogP contribution in [0.2, 0.25) is 0 Å². The van der Waals surface area contributed by atoms with E-state index in [1.54, 1.807) is 24.4 Å². The summed E-state index contributed by atoms with van der Waals surface area (Å²) in [4.78, 5) is 4.28. The van der Waals surface area contributed by atoms with Crippen molar-refractivity contribution in [2.45, 2.75) is 13.3 Å². The molecule has 0 atom stereocenters. The molecule has 2 aromatic carbocycles. The Bertz CT molecular complexity index is 781. The molecule has 0 aliphatic heterocycles. The van der Waals surface area contributed by atoms with E-state index < -0.39 is 0 Å². The van der Waals surface area contributed by atoms with Gasteiger partial charge >= 0.3 is 0 Å². The Kier molecular flexibility index (Phi) is 3.03. The molecule has 0 spiro atoms. The van der Waals surface area contributed by atoms with Gasteiger partial charge in [-0.3, -0.25) is 4.98 Å². The fraction of sp³-hybridized carbons (Fsp3) is 0.118. The number of aromatic nitrogens is 1. The molecule has 100 valence electrons. The van der Waals surface area contributed by atoms with Crippen molar-refractivity contribution in [3.63, 3.8) is 0 Å². The molecule has 3 rings (SSSR count). The molecule has 0 fully saturated rings. The molecule has 0 bridgehead atoms. The zero-order valence-corrected chi connectivity index (χ0v) is 11.2. The van der Waals surface area contributed by atoms with Crippen molar-refractivity contribution in [2.75, 3.05) is 0 Å². The molecule has 0 aliphatic carbocycles. The summed E-state index contributed by atoms with van der Waals surface area (Å²) in [5.41, 5.74) is 3.96. The summed E-state index contributed by atoms with van der Waals surface area (Å²) in [7, 11) is 0. The summed E-state index contributed by atoms with van der Waals surface area (Å²) in [5.74, 6) is 0.542. The maximum absolute atomic E-state index is 9.57. The van der Waals surface area contributed by atoms with E-state index in [1.807, 2.05) is 31.2 Å². The lowest BCUT2D eigenvalue weighted by atomic mass is 10.00. The van der Waals surface area contributed by atoms with Gasteiger partial charge in [-0.05, 0) is 54.3 Å². The monoisotopic (exact) mass is 265 g/mol. The van der Waals surface area contributed by atoms with Gasteiger partial charge in [0.2, 0.25) is 0 Å². The molecule has 3 aromatic rings. The van der Waals surface area contributed by atoms with Crippen LogP contribution in [0.15, 0.2) is 48.7 Å². The molecule has 0 saturated carbocycles. The molecule has 0 amide bonds. The molecule has 3 nitrogen and oxygen atoms in total. The molecule has 1 aromatic heterocycles. The minimum absolute atomic E-state index is 0.225. The Morgan fingerprint density at radius 2 is 1.85 bits per heavy atom. The van der Waals surface area contributed by atoms with Crippen molar-refractivity contribution in [2.24, 2.45) is 0 Å². The lowest BCUT2D eigenvalue weighted by molar-refractivity contribution is 0.471. The number of aromatic hydroxyl groups is 2. The maximum atomic E-state index is 9.57. The van der Waals surface area contributed by atoms with E-state index in [4.69, 9.17) is 0 Å². The van der Waals surface area contributed by atoms with Crippen LogP contribution in [0, 0.1) is 6.92 Å². The average molecular weight is 265 g/mol. The number of hydrogen-bond acceptors (Lipinski definition) is 3. The number of pyridine rings is 1. The lowest BCUT2D eigenvalue weighted by Gasteiger charge is -2.08. The van der Waals surface area contributed by atoms with Crippen LogP contribution in [-0.4, -0.2) is 15.2 Å². The quantitative estimate of drug-likeness (QED) is 0.745. The van der Waals surface area contributed by atoms with Crippen molar-refractivity contribution in [3.05, 3.63) is 65.4 Å². The van der Waals surface area contributed by atoms with Crippen LogP contribution >= 0.6 is 0 Å². The van der Waals surface area contributed by atoms with E-state index in [1.165, 1.54) is 0 Å². The molecule has 0 radical (unpaired) electrons. The third-order valence-electron chi connectivity index (χ3n) is 3.47. The molecule has 1 heterocycles. The Morgan fingerprint density at radius 1 is 1.00 bits per heavy atom. The van der Waals surface area contributed by atoms with Crippen molar-refractivity contribution in [1.29, 1.82) is 0 Å². The zero-order valence-electron chi connectivity index (χ0n) is 11.2. The molecule has 0 saturated heterocycles. The van der Waals surface area contributed by atoms with E-state index in [0.717, 1.165) is 34.0 Å². The maximum Gasteiger partial charge on any atom is 0.118 e. The van der Waals surface area contributed by atoms with Crippen molar-refractivity contribution >= 4 is 10.9 Å². The molecular weight excluding hydrogens is 250 g/mol. The average Bonchev–Trinajstić information content (AvgIpc) is 2.43. The minimum Gasteiger partial charge on any atom is -0.508 e. The number of rotatable bonds is 2. The first-order valence-electron chi connectivity index (χ1n) is 6.48. The van der Waals surface area contributed by atoms with Crippen LogP contribution in [0.5, 0.6) is 11.5 Å². The van der Waals surface area contributed by atoms with Crippen molar-refractivity contribution in [1.82, 2.24) is 4.98 Å². The predicted octanol–water partition coefficient (Wildman–Crippen LogP) is 3.55. The fourth-order valence-corrected chi connectivity index (χ4v) is 2.40. The van der Waals surface area contributed by atoms with Crippen molar-refractivity contribution < 1.29 is 10.2 Å². The summed E-state index contributed by atoms with van der Waals surface area (Å²) in [5, 5.41) is 20.1. The first kappa shape index (κ1) is 12.5. The highest BCUT2D eigenvalue weighted by Gasteiger charge is 2.05. The lowest BCUT2D eigenvalue weighted by Crippen LogP contribution is -1.92. The van der Waals surface area contributed by atoms with Gasteiger partial charge in [0.05, 0.1) is 5.52 Å². The summed E-state index contributed by atoms with van der Waals surface area (Å²) < 4.78 is 0. The number of benzene rings is 2. The van der Waals surface area contributed by atoms with Crippen molar-refractivity contribution in [3.8, 4) is 11.5 Å². The van der Waals surface area contributed by atoms with Gasteiger partial charge in [0.1, 0.15) is 11.5 Å². The van der Waals surface area contributed by atoms with Gasteiger partial charge in [0.15, 0.2) is 0 Å². The number of nitrogens with zero attached hydrogens (tertiary/aromatic N) is 1. The predicted molar refractivity (Wildman–Crippen MR) is 79.1 cm³/mol. The number of aryl methyl sites for hydroxylation is 1. The number of hydrogen-bond donors (Lipinski definition) is 2. The van der Waals surface area contributed by atoms with Gasteiger partial charge in [-0.2, -0.15) is 0 Å². The minimum atomic E-state index is 0.225. The van der Waals surface area contributed by atoms with Gasteiger partial charge in [0, 0.05) is 17.6 Å². The number of phenols is 2. The van der Waals surface area contributed by atoms with Crippen LogP contribution in [0.1, 0.15) is 16.7 Å². The first-order valence-corrected chi connectivity index (χ1v) is 6.48. The standard InChI is InChI=1S/C17H15NO2/c1-11-8-12(2-5-17(11)20)9-13-6-7-18-16-10-14(19)3-4-15(13)16/h2-8,10,19-20H,9H2,1H3. The molecular formula is C17H15NO2. The Morgan fingerprint density at radius 3 is 2.65 bits per heavy atom. The molecule has 2 N–H and O–H groups in total. The van der Waals surface area contributed by atoms with E-state index >= 15 is 0 Å². The summed E-state index contributed by atoms with van der Waals surface area (Å²) in [6.07, 6.45) is 2.52. The second-order valence-electron chi connectivity index (χ2n) is 4.97. The van der Waals surface area contributed by atoms with Crippen LogP contribution in [-0.2, 0) is 6.42 Å². The largest absolute Gasteiger partial charge is 0.508 e. The van der Waals surface area contributed by atoms with E-state index in [2.05, 4.69) is 4.98 Å². The topological polar surface area (TPSA) is 53.4 Å². The molecule has 0 aliphatic rings. The Balaban J connectivity index is 2.04.